The Morgan fingerprint density at radius 2 is 1.67 bits per heavy atom. The van der Waals surface area contributed by atoms with Crippen LogP contribution < -0.4 is 24.6 Å². The first-order valence-corrected chi connectivity index (χ1v) is 16.6. The van der Waals surface area contributed by atoms with E-state index in [1.165, 1.54) is 12.8 Å². The van der Waals surface area contributed by atoms with Crippen LogP contribution in [0.4, 0.5) is 17.5 Å². The molecule has 46 heavy (non-hydrogen) atoms. The van der Waals surface area contributed by atoms with E-state index in [1.54, 1.807) is 7.11 Å². The van der Waals surface area contributed by atoms with Gasteiger partial charge < -0.3 is 34.1 Å². The van der Waals surface area contributed by atoms with Crippen LogP contribution in [0.25, 0.3) is 22.3 Å². The lowest BCUT2D eigenvalue weighted by Gasteiger charge is -2.36. The SMILES string of the molecule is CCCCCOc1ccc(NCc2cc(-c3ccc4c(N5CCOCC5)nc(N5CC(C)OC(C)C5)nc4n3)ccc2OC)cc1. The van der Waals surface area contributed by atoms with Crippen molar-refractivity contribution in [3.8, 4) is 22.8 Å². The number of unbranched alkanes of at least 4 members (excludes halogenated alkanes) is 2. The van der Waals surface area contributed by atoms with Crippen LogP contribution in [0.5, 0.6) is 11.5 Å². The topological polar surface area (TPSA) is 94.1 Å². The highest BCUT2D eigenvalue weighted by Gasteiger charge is 2.27. The zero-order chi connectivity index (χ0) is 31.9. The summed E-state index contributed by atoms with van der Waals surface area (Å²) < 4.78 is 23.2. The van der Waals surface area contributed by atoms with Gasteiger partial charge in [0.15, 0.2) is 5.65 Å². The molecule has 0 amide bonds. The largest absolute Gasteiger partial charge is 0.496 e. The second-order valence-electron chi connectivity index (χ2n) is 12.1. The van der Waals surface area contributed by atoms with E-state index < -0.39 is 0 Å². The highest BCUT2D eigenvalue weighted by molar-refractivity contribution is 5.90. The molecule has 0 saturated carbocycles. The van der Waals surface area contributed by atoms with Gasteiger partial charge in [0.25, 0.3) is 0 Å². The first-order chi connectivity index (χ1) is 22.5. The average Bonchev–Trinajstić information content (AvgIpc) is 3.09. The molecular weight excluding hydrogens is 580 g/mol. The predicted molar refractivity (Wildman–Crippen MR) is 183 cm³/mol. The van der Waals surface area contributed by atoms with Gasteiger partial charge in [0.2, 0.25) is 5.95 Å². The molecule has 2 unspecified atom stereocenters. The molecule has 1 N–H and O–H groups in total. The molecular formula is C36H46N6O4. The smallest absolute Gasteiger partial charge is 0.229 e. The summed E-state index contributed by atoms with van der Waals surface area (Å²) in [6, 6.07) is 18.5. The van der Waals surface area contributed by atoms with Crippen LogP contribution in [-0.4, -0.2) is 80.3 Å². The Morgan fingerprint density at radius 1 is 0.891 bits per heavy atom. The maximum atomic E-state index is 5.99. The van der Waals surface area contributed by atoms with Crippen molar-refractivity contribution in [3.63, 3.8) is 0 Å². The van der Waals surface area contributed by atoms with E-state index >= 15 is 0 Å². The van der Waals surface area contributed by atoms with Gasteiger partial charge in [0, 0.05) is 49.5 Å². The molecule has 244 valence electrons. The summed E-state index contributed by atoms with van der Waals surface area (Å²) in [7, 11) is 1.70. The third-order valence-corrected chi connectivity index (χ3v) is 8.47. The molecule has 2 aromatic carbocycles. The lowest BCUT2D eigenvalue weighted by atomic mass is 10.1. The van der Waals surface area contributed by atoms with Crippen molar-refractivity contribution in [3.05, 3.63) is 60.2 Å². The summed E-state index contributed by atoms with van der Waals surface area (Å²) in [4.78, 5) is 19.7. The van der Waals surface area contributed by atoms with E-state index in [0.717, 1.165) is 84.4 Å². The molecule has 4 aromatic rings. The Balaban J connectivity index is 1.26. The summed E-state index contributed by atoms with van der Waals surface area (Å²) in [5.41, 5.74) is 4.59. The number of nitrogens with zero attached hydrogens (tertiary/aromatic N) is 5. The molecule has 0 bridgehead atoms. The fourth-order valence-electron chi connectivity index (χ4n) is 6.13. The molecule has 0 radical (unpaired) electrons. The Labute approximate surface area is 272 Å². The third kappa shape index (κ3) is 7.62. The standard InChI is InChI=1S/C36H46N6O4/c1-5-6-7-18-45-30-11-9-29(10-12-30)37-22-28-21-27(8-15-33(28)43-4)32-14-13-31-34(38-32)39-36(42-23-25(2)46-26(3)24-42)40-35(31)41-16-19-44-20-17-41/h8-15,21,25-26,37H,5-7,16-20,22-24H2,1-4H3. The van der Waals surface area contributed by atoms with Gasteiger partial charge in [-0.25, -0.2) is 4.98 Å². The van der Waals surface area contributed by atoms with Crippen molar-refractivity contribution in [1.29, 1.82) is 0 Å². The van der Waals surface area contributed by atoms with E-state index in [4.69, 9.17) is 33.9 Å². The molecule has 0 aliphatic carbocycles. The number of anilines is 3. The van der Waals surface area contributed by atoms with E-state index in [9.17, 15) is 0 Å². The first kappa shape index (κ1) is 31.8. The fraction of sp³-hybridized carbons (Fsp3) is 0.472. The van der Waals surface area contributed by atoms with Crippen LogP contribution in [0.2, 0.25) is 0 Å². The van der Waals surface area contributed by atoms with Crippen LogP contribution in [0.15, 0.2) is 54.6 Å². The molecule has 4 heterocycles. The third-order valence-electron chi connectivity index (χ3n) is 8.47. The molecule has 2 aliphatic heterocycles. The maximum Gasteiger partial charge on any atom is 0.229 e. The average molecular weight is 627 g/mol. The van der Waals surface area contributed by atoms with Gasteiger partial charge in [0.05, 0.1) is 50.2 Å². The van der Waals surface area contributed by atoms with Gasteiger partial charge in [-0.05, 0) is 74.9 Å². The predicted octanol–water partition coefficient (Wildman–Crippen LogP) is 6.33. The summed E-state index contributed by atoms with van der Waals surface area (Å²) >= 11 is 0. The lowest BCUT2D eigenvalue weighted by Crippen LogP contribution is -2.46. The molecule has 10 nitrogen and oxygen atoms in total. The van der Waals surface area contributed by atoms with Gasteiger partial charge >= 0.3 is 0 Å². The van der Waals surface area contributed by atoms with Gasteiger partial charge in [-0.2, -0.15) is 9.97 Å². The number of aromatic nitrogens is 3. The number of nitrogens with one attached hydrogen (secondary N) is 1. The molecule has 2 fully saturated rings. The summed E-state index contributed by atoms with van der Waals surface area (Å²) in [6.07, 6.45) is 3.65. The number of morpholine rings is 2. The number of pyridine rings is 1. The minimum atomic E-state index is 0.0994. The number of methoxy groups -OCH3 is 1. The molecule has 2 atom stereocenters. The van der Waals surface area contributed by atoms with Crippen LogP contribution in [0.3, 0.4) is 0 Å². The molecule has 2 aliphatic rings. The van der Waals surface area contributed by atoms with Crippen molar-refractivity contribution in [2.45, 2.75) is 58.8 Å². The van der Waals surface area contributed by atoms with Crippen molar-refractivity contribution in [2.24, 2.45) is 0 Å². The minimum absolute atomic E-state index is 0.0994. The van der Waals surface area contributed by atoms with Gasteiger partial charge in [0.1, 0.15) is 17.3 Å². The van der Waals surface area contributed by atoms with Gasteiger partial charge in [-0.3, -0.25) is 0 Å². The zero-order valence-electron chi connectivity index (χ0n) is 27.5. The van der Waals surface area contributed by atoms with E-state index in [0.29, 0.717) is 31.4 Å². The molecule has 6 rings (SSSR count). The van der Waals surface area contributed by atoms with Crippen molar-refractivity contribution >= 4 is 28.5 Å². The van der Waals surface area contributed by atoms with E-state index in [1.807, 2.05) is 18.2 Å². The van der Waals surface area contributed by atoms with Gasteiger partial charge in [-0.15, -0.1) is 0 Å². The van der Waals surface area contributed by atoms with E-state index in [2.05, 4.69) is 72.3 Å². The highest BCUT2D eigenvalue weighted by Crippen LogP contribution is 2.32. The van der Waals surface area contributed by atoms with Crippen LogP contribution >= 0.6 is 0 Å². The Hall–Kier alpha value is -4.15. The molecule has 0 spiro atoms. The fourth-order valence-corrected chi connectivity index (χ4v) is 6.13. The zero-order valence-corrected chi connectivity index (χ0v) is 27.5. The molecule has 10 heteroatoms. The molecule has 2 saturated heterocycles. The first-order valence-electron chi connectivity index (χ1n) is 16.6. The summed E-state index contributed by atoms with van der Waals surface area (Å²) in [5, 5.41) is 4.48. The summed E-state index contributed by atoms with van der Waals surface area (Å²) in [6.45, 7) is 12.1. The normalized spacial score (nSPS) is 18.5. The van der Waals surface area contributed by atoms with Crippen molar-refractivity contribution in [1.82, 2.24) is 15.0 Å². The highest BCUT2D eigenvalue weighted by atomic mass is 16.5. The second-order valence-corrected chi connectivity index (χ2v) is 12.1. The van der Waals surface area contributed by atoms with Crippen LogP contribution in [0.1, 0.15) is 45.6 Å². The Kier molecular flexibility index (Phi) is 10.3. The number of fused-ring (bicyclic) bond motifs is 1. The summed E-state index contributed by atoms with van der Waals surface area (Å²) in [5.74, 6) is 3.32. The lowest BCUT2D eigenvalue weighted by molar-refractivity contribution is -0.00570. The minimum Gasteiger partial charge on any atom is -0.496 e. The Bertz CT molecular complexity index is 1580. The second kappa shape index (κ2) is 15.0. The monoisotopic (exact) mass is 626 g/mol. The maximum absolute atomic E-state index is 5.99. The number of benzene rings is 2. The number of ether oxygens (including phenoxy) is 4. The van der Waals surface area contributed by atoms with Crippen LogP contribution in [0, 0.1) is 0 Å². The van der Waals surface area contributed by atoms with Crippen LogP contribution in [-0.2, 0) is 16.0 Å². The quantitative estimate of drug-likeness (QED) is 0.180. The van der Waals surface area contributed by atoms with Gasteiger partial charge in [-0.1, -0.05) is 19.8 Å². The number of hydrogen-bond donors (Lipinski definition) is 1. The number of rotatable bonds is 12. The van der Waals surface area contributed by atoms with Crippen molar-refractivity contribution < 1.29 is 18.9 Å². The number of hydrogen-bond acceptors (Lipinski definition) is 10. The molecule has 2 aromatic heterocycles. The van der Waals surface area contributed by atoms with Crippen molar-refractivity contribution in [2.75, 3.05) is 68.2 Å². The van der Waals surface area contributed by atoms with E-state index in [-0.39, 0.29) is 12.2 Å². The Morgan fingerprint density at radius 3 is 2.41 bits per heavy atom.